The minimum Gasteiger partial charge on any atom is -0.394 e. The largest absolute Gasteiger partial charge is 0.394 e. The van der Waals surface area contributed by atoms with Crippen LogP contribution in [-0.2, 0) is 11.3 Å². The molecule has 0 fully saturated rings. The maximum atomic E-state index is 9.20. The highest BCUT2D eigenvalue weighted by Gasteiger charge is 2.22. The molecule has 102 valence electrons. The zero-order chi connectivity index (χ0) is 13.6. The number of nitrogen functional groups attached to an aromatic ring is 1. The molecule has 0 amide bonds. The molecule has 0 aliphatic carbocycles. The number of aromatic nitrogens is 2. The van der Waals surface area contributed by atoms with Gasteiger partial charge in [0.1, 0.15) is 18.2 Å². The summed E-state index contributed by atoms with van der Waals surface area (Å²) in [4.78, 5) is 8.23. The lowest BCUT2D eigenvalue weighted by Gasteiger charge is -2.26. The van der Waals surface area contributed by atoms with Crippen molar-refractivity contribution in [1.82, 2.24) is 9.97 Å². The van der Waals surface area contributed by atoms with Gasteiger partial charge < -0.3 is 26.0 Å². The Morgan fingerprint density at radius 1 is 1.39 bits per heavy atom. The van der Waals surface area contributed by atoms with E-state index >= 15 is 0 Å². The highest BCUT2D eigenvalue weighted by molar-refractivity contribution is 5.46. The van der Waals surface area contributed by atoms with E-state index < -0.39 is 5.54 Å². The Morgan fingerprint density at radius 3 is 2.61 bits per heavy atom. The van der Waals surface area contributed by atoms with Crippen LogP contribution in [0.2, 0.25) is 0 Å². The Balaban J connectivity index is 2.85. The van der Waals surface area contributed by atoms with Crippen LogP contribution in [0.4, 0.5) is 11.6 Å². The number of nitrogens with two attached hydrogens (primary N) is 1. The van der Waals surface area contributed by atoms with Crippen molar-refractivity contribution in [2.45, 2.75) is 26.0 Å². The van der Waals surface area contributed by atoms with Crippen molar-refractivity contribution in [3.05, 3.63) is 11.9 Å². The first-order valence-corrected chi connectivity index (χ1v) is 5.74. The van der Waals surface area contributed by atoms with Crippen LogP contribution < -0.4 is 11.1 Å². The van der Waals surface area contributed by atoms with E-state index in [1.165, 1.54) is 0 Å². The molecule has 1 aromatic heterocycles. The van der Waals surface area contributed by atoms with Gasteiger partial charge in [0.25, 0.3) is 0 Å². The summed E-state index contributed by atoms with van der Waals surface area (Å²) in [5.41, 5.74) is 4.80. The van der Waals surface area contributed by atoms with E-state index in [9.17, 15) is 10.2 Å². The molecule has 5 N–H and O–H groups in total. The fourth-order valence-corrected chi connectivity index (χ4v) is 1.28. The second-order valence-corrected chi connectivity index (χ2v) is 4.23. The van der Waals surface area contributed by atoms with Crippen LogP contribution in [-0.4, -0.2) is 45.5 Å². The third kappa shape index (κ3) is 4.10. The first kappa shape index (κ1) is 14.6. The molecule has 1 aromatic rings. The Labute approximate surface area is 106 Å². The highest BCUT2D eigenvalue weighted by atomic mass is 16.5. The standard InChI is InChI=1S/C11H20N4O3/c1-3-18-5-10-13-8(12)4-9(14-10)15-11(2,6-16)7-17/h4,16-17H,3,5-7H2,1-2H3,(H3,12,13,14,15). The summed E-state index contributed by atoms with van der Waals surface area (Å²) in [6.07, 6.45) is 0. The molecule has 7 nitrogen and oxygen atoms in total. The van der Waals surface area contributed by atoms with Gasteiger partial charge in [-0.1, -0.05) is 0 Å². The van der Waals surface area contributed by atoms with E-state index in [0.29, 0.717) is 24.1 Å². The van der Waals surface area contributed by atoms with E-state index in [2.05, 4.69) is 15.3 Å². The molecule has 18 heavy (non-hydrogen) atoms. The quantitative estimate of drug-likeness (QED) is 0.532. The van der Waals surface area contributed by atoms with Crippen LogP contribution in [0.15, 0.2) is 6.07 Å². The SMILES string of the molecule is CCOCc1nc(N)cc(NC(C)(CO)CO)n1. The Hall–Kier alpha value is -1.44. The Morgan fingerprint density at radius 2 is 2.06 bits per heavy atom. The molecule has 0 spiro atoms. The summed E-state index contributed by atoms with van der Waals surface area (Å²) in [6, 6.07) is 1.54. The van der Waals surface area contributed by atoms with Crippen LogP contribution in [0.5, 0.6) is 0 Å². The third-order valence-corrected chi connectivity index (χ3v) is 2.36. The molecule has 1 rings (SSSR count). The number of ether oxygens (including phenoxy) is 1. The lowest BCUT2D eigenvalue weighted by atomic mass is 10.1. The zero-order valence-corrected chi connectivity index (χ0v) is 10.7. The summed E-state index contributed by atoms with van der Waals surface area (Å²) in [5, 5.41) is 21.3. The molecule has 0 saturated heterocycles. The smallest absolute Gasteiger partial charge is 0.158 e. The topological polar surface area (TPSA) is 114 Å². The molecule has 7 heteroatoms. The van der Waals surface area contributed by atoms with Crippen LogP contribution in [0, 0.1) is 0 Å². The van der Waals surface area contributed by atoms with Gasteiger partial charge in [0.15, 0.2) is 5.82 Å². The third-order valence-electron chi connectivity index (χ3n) is 2.36. The van der Waals surface area contributed by atoms with Gasteiger partial charge in [0.2, 0.25) is 0 Å². The lowest BCUT2D eigenvalue weighted by Crippen LogP contribution is -2.42. The summed E-state index contributed by atoms with van der Waals surface area (Å²) in [5.74, 6) is 1.21. The van der Waals surface area contributed by atoms with Gasteiger partial charge in [-0.15, -0.1) is 0 Å². The predicted molar refractivity (Wildman–Crippen MR) is 68.0 cm³/mol. The molecule has 0 aliphatic heterocycles. The summed E-state index contributed by atoms with van der Waals surface area (Å²) < 4.78 is 5.21. The van der Waals surface area contributed by atoms with Crippen molar-refractivity contribution in [2.75, 3.05) is 30.9 Å². The van der Waals surface area contributed by atoms with Gasteiger partial charge in [0.05, 0.1) is 18.8 Å². The predicted octanol–water partition coefficient (Wildman–Crippen LogP) is -0.249. The molecule has 0 atom stereocenters. The normalized spacial score (nSPS) is 11.6. The average Bonchev–Trinajstić information content (AvgIpc) is 2.35. The fourth-order valence-electron chi connectivity index (χ4n) is 1.28. The number of hydrogen-bond acceptors (Lipinski definition) is 7. The number of anilines is 2. The first-order valence-electron chi connectivity index (χ1n) is 5.74. The second-order valence-electron chi connectivity index (χ2n) is 4.23. The van der Waals surface area contributed by atoms with Gasteiger partial charge in [-0.05, 0) is 13.8 Å². The number of nitrogens with zero attached hydrogens (tertiary/aromatic N) is 2. The number of aliphatic hydroxyl groups excluding tert-OH is 2. The lowest BCUT2D eigenvalue weighted by molar-refractivity contribution is 0.128. The molecule has 0 radical (unpaired) electrons. The number of aliphatic hydroxyl groups is 2. The van der Waals surface area contributed by atoms with Crippen LogP contribution >= 0.6 is 0 Å². The van der Waals surface area contributed by atoms with Crippen LogP contribution in [0.25, 0.3) is 0 Å². The number of nitrogens with one attached hydrogen (secondary N) is 1. The van der Waals surface area contributed by atoms with E-state index in [4.69, 9.17) is 10.5 Å². The van der Waals surface area contributed by atoms with E-state index in [-0.39, 0.29) is 19.8 Å². The maximum Gasteiger partial charge on any atom is 0.158 e. The van der Waals surface area contributed by atoms with Crippen molar-refractivity contribution < 1.29 is 14.9 Å². The molecule has 0 bridgehead atoms. The number of hydrogen-bond donors (Lipinski definition) is 4. The van der Waals surface area contributed by atoms with Gasteiger partial charge in [-0.25, -0.2) is 9.97 Å². The maximum absolute atomic E-state index is 9.20. The Kier molecular flexibility index (Phi) is 5.26. The second kappa shape index (κ2) is 6.48. The molecule has 0 unspecified atom stereocenters. The average molecular weight is 256 g/mol. The van der Waals surface area contributed by atoms with Crippen molar-refractivity contribution in [1.29, 1.82) is 0 Å². The summed E-state index contributed by atoms with van der Waals surface area (Å²) in [7, 11) is 0. The van der Waals surface area contributed by atoms with Gasteiger partial charge in [-0.2, -0.15) is 0 Å². The van der Waals surface area contributed by atoms with E-state index in [0.717, 1.165) is 0 Å². The first-order chi connectivity index (χ1) is 8.53. The molecular weight excluding hydrogens is 236 g/mol. The van der Waals surface area contributed by atoms with E-state index in [1.807, 2.05) is 6.92 Å². The molecule has 0 aliphatic rings. The molecule has 0 saturated carbocycles. The summed E-state index contributed by atoms with van der Waals surface area (Å²) in [6.45, 7) is 3.92. The van der Waals surface area contributed by atoms with Crippen molar-refractivity contribution in [3.8, 4) is 0 Å². The molecular formula is C11H20N4O3. The Bertz CT molecular complexity index is 383. The zero-order valence-electron chi connectivity index (χ0n) is 10.7. The van der Waals surface area contributed by atoms with Gasteiger partial charge >= 0.3 is 0 Å². The van der Waals surface area contributed by atoms with Gasteiger partial charge in [0, 0.05) is 12.7 Å². The van der Waals surface area contributed by atoms with Crippen molar-refractivity contribution in [2.24, 2.45) is 0 Å². The van der Waals surface area contributed by atoms with Gasteiger partial charge in [-0.3, -0.25) is 0 Å². The summed E-state index contributed by atoms with van der Waals surface area (Å²) >= 11 is 0. The minimum atomic E-state index is -0.857. The molecule has 0 aromatic carbocycles. The van der Waals surface area contributed by atoms with Crippen molar-refractivity contribution >= 4 is 11.6 Å². The monoisotopic (exact) mass is 256 g/mol. The highest BCUT2D eigenvalue weighted by Crippen LogP contribution is 2.15. The molecule has 1 heterocycles. The number of rotatable bonds is 7. The fraction of sp³-hybridized carbons (Fsp3) is 0.636. The van der Waals surface area contributed by atoms with Crippen LogP contribution in [0.3, 0.4) is 0 Å². The van der Waals surface area contributed by atoms with Crippen LogP contribution in [0.1, 0.15) is 19.7 Å². The van der Waals surface area contributed by atoms with E-state index in [1.54, 1.807) is 13.0 Å². The van der Waals surface area contributed by atoms with Crippen molar-refractivity contribution in [3.63, 3.8) is 0 Å². The minimum absolute atomic E-state index is 0.228.